The zero-order valence-electron chi connectivity index (χ0n) is 11.7. The molecule has 1 unspecified atom stereocenters. The van der Waals surface area contributed by atoms with Crippen molar-refractivity contribution in [1.82, 2.24) is 14.9 Å². The van der Waals surface area contributed by atoms with Crippen LogP contribution in [-0.2, 0) is 14.8 Å². The number of nitrogens with zero attached hydrogens (tertiary/aromatic N) is 1. The van der Waals surface area contributed by atoms with Crippen LogP contribution in [0.5, 0.6) is 0 Å². The molecule has 0 saturated carbocycles. The third kappa shape index (κ3) is 4.65. The van der Waals surface area contributed by atoms with Gasteiger partial charge in [-0.2, -0.15) is 4.31 Å². The molecule has 2 rings (SSSR count). The maximum Gasteiger partial charge on any atom is 0.252 e. The Hall–Kier alpha value is -0.670. The molecule has 0 radical (unpaired) electrons. The SMILES string of the molecule is CN(CCNC(=O)C1CCCN1)S(=O)(=O)c1cccs1.Cl. The molecular weight excluding hydrogens is 334 g/mol. The number of sulfonamides is 1. The van der Waals surface area contributed by atoms with E-state index in [4.69, 9.17) is 0 Å². The molecule has 1 amide bonds. The zero-order chi connectivity index (χ0) is 14.6. The van der Waals surface area contributed by atoms with E-state index in [2.05, 4.69) is 10.6 Å². The van der Waals surface area contributed by atoms with Gasteiger partial charge < -0.3 is 10.6 Å². The standard InChI is InChI=1S/C12H19N3O3S2.ClH/c1-15(20(17,18)11-5-3-9-19-11)8-7-14-12(16)10-4-2-6-13-10;/h3,5,9-10,13H,2,4,6-8H2,1H3,(H,14,16);1H. The van der Waals surface area contributed by atoms with Gasteiger partial charge in [0.1, 0.15) is 4.21 Å². The number of carbonyl (C=O) groups excluding carboxylic acids is 1. The first-order valence-electron chi connectivity index (χ1n) is 6.53. The summed E-state index contributed by atoms with van der Waals surface area (Å²) in [6, 6.07) is 3.16. The van der Waals surface area contributed by atoms with Crippen molar-refractivity contribution in [3.63, 3.8) is 0 Å². The summed E-state index contributed by atoms with van der Waals surface area (Å²) < 4.78 is 25.9. The van der Waals surface area contributed by atoms with Crippen molar-refractivity contribution >= 4 is 39.7 Å². The number of halogens is 1. The molecule has 1 aliphatic rings. The van der Waals surface area contributed by atoms with Crippen LogP contribution >= 0.6 is 23.7 Å². The van der Waals surface area contributed by atoms with Gasteiger partial charge in [0.2, 0.25) is 5.91 Å². The van der Waals surface area contributed by atoms with Crippen molar-refractivity contribution in [3.05, 3.63) is 17.5 Å². The van der Waals surface area contributed by atoms with Gasteiger partial charge in [-0.05, 0) is 30.8 Å². The molecule has 9 heteroatoms. The molecule has 120 valence electrons. The monoisotopic (exact) mass is 353 g/mol. The van der Waals surface area contributed by atoms with Crippen LogP contribution in [0.2, 0.25) is 0 Å². The van der Waals surface area contributed by atoms with Crippen LogP contribution in [0.1, 0.15) is 12.8 Å². The minimum atomic E-state index is -3.43. The number of hydrogen-bond donors (Lipinski definition) is 2. The van der Waals surface area contributed by atoms with E-state index in [1.54, 1.807) is 17.5 Å². The second-order valence-corrected chi connectivity index (χ2v) is 7.92. The van der Waals surface area contributed by atoms with Crippen LogP contribution < -0.4 is 10.6 Å². The van der Waals surface area contributed by atoms with Gasteiger partial charge in [0.15, 0.2) is 0 Å². The fourth-order valence-electron chi connectivity index (χ4n) is 2.05. The maximum atomic E-state index is 12.1. The first-order chi connectivity index (χ1) is 9.51. The minimum absolute atomic E-state index is 0. The minimum Gasteiger partial charge on any atom is -0.353 e. The molecule has 2 heterocycles. The summed E-state index contributed by atoms with van der Waals surface area (Å²) in [5, 5.41) is 7.60. The van der Waals surface area contributed by atoms with Gasteiger partial charge in [-0.15, -0.1) is 23.7 Å². The van der Waals surface area contributed by atoms with Gasteiger partial charge >= 0.3 is 0 Å². The van der Waals surface area contributed by atoms with E-state index < -0.39 is 10.0 Å². The van der Waals surface area contributed by atoms with Gasteiger partial charge in [-0.1, -0.05) is 6.07 Å². The lowest BCUT2D eigenvalue weighted by atomic mass is 10.2. The second-order valence-electron chi connectivity index (χ2n) is 4.70. The zero-order valence-corrected chi connectivity index (χ0v) is 14.2. The van der Waals surface area contributed by atoms with E-state index in [0.29, 0.717) is 10.8 Å². The smallest absolute Gasteiger partial charge is 0.252 e. The van der Waals surface area contributed by atoms with E-state index >= 15 is 0 Å². The number of carbonyl (C=O) groups is 1. The third-order valence-electron chi connectivity index (χ3n) is 3.26. The molecular formula is C12H20ClN3O3S2. The molecule has 1 atom stereocenters. The number of nitrogens with one attached hydrogen (secondary N) is 2. The van der Waals surface area contributed by atoms with Crippen molar-refractivity contribution in [2.75, 3.05) is 26.7 Å². The van der Waals surface area contributed by atoms with Crippen LogP contribution in [0.4, 0.5) is 0 Å². The van der Waals surface area contributed by atoms with Gasteiger partial charge in [0, 0.05) is 20.1 Å². The van der Waals surface area contributed by atoms with E-state index in [1.807, 2.05) is 0 Å². The molecule has 1 fully saturated rings. The van der Waals surface area contributed by atoms with E-state index in [-0.39, 0.29) is 30.9 Å². The fourth-order valence-corrected chi connectivity index (χ4v) is 4.42. The first kappa shape index (κ1) is 18.4. The summed E-state index contributed by atoms with van der Waals surface area (Å²) in [6.45, 7) is 1.45. The maximum absolute atomic E-state index is 12.1. The number of likely N-dealkylation sites (N-methyl/N-ethyl adjacent to an activating group) is 1. The third-order valence-corrected chi connectivity index (χ3v) is 6.49. The highest BCUT2D eigenvalue weighted by molar-refractivity contribution is 7.91. The molecule has 6 nitrogen and oxygen atoms in total. The summed E-state index contributed by atoms with van der Waals surface area (Å²) in [5.74, 6) is -0.0515. The van der Waals surface area contributed by atoms with Gasteiger partial charge in [-0.25, -0.2) is 8.42 Å². The number of thiophene rings is 1. The predicted molar refractivity (Wildman–Crippen MR) is 85.4 cm³/mol. The van der Waals surface area contributed by atoms with Crippen molar-refractivity contribution in [1.29, 1.82) is 0 Å². The lowest BCUT2D eigenvalue weighted by Gasteiger charge is -2.17. The Morgan fingerprint density at radius 1 is 1.57 bits per heavy atom. The Labute approximate surface area is 135 Å². The molecule has 1 aromatic rings. The van der Waals surface area contributed by atoms with E-state index in [1.165, 1.54) is 22.7 Å². The van der Waals surface area contributed by atoms with Crippen molar-refractivity contribution in [2.45, 2.75) is 23.1 Å². The number of amides is 1. The highest BCUT2D eigenvalue weighted by atomic mass is 35.5. The van der Waals surface area contributed by atoms with Crippen molar-refractivity contribution < 1.29 is 13.2 Å². The first-order valence-corrected chi connectivity index (χ1v) is 8.85. The Morgan fingerprint density at radius 2 is 2.33 bits per heavy atom. The topological polar surface area (TPSA) is 78.5 Å². The summed E-state index contributed by atoms with van der Waals surface area (Å²) in [4.78, 5) is 11.8. The Morgan fingerprint density at radius 3 is 2.90 bits per heavy atom. The molecule has 1 aromatic heterocycles. The van der Waals surface area contributed by atoms with Crippen LogP contribution in [-0.4, -0.2) is 51.4 Å². The van der Waals surface area contributed by atoms with Crippen LogP contribution in [0.25, 0.3) is 0 Å². The normalized spacial score (nSPS) is 18.5. The van der Waals surface area contributed by atoms with Crippen molar-refractivity contribution in [2.24, 2.45) is 0 Å². The molecule has 0 aromatic carbocycles. The summed E-state index contributed by atoms with van der Waals surface area (Å²) in [6.07, 6.45) is 1.85. The van der Waals surface area contributed by atoms with Gasteiger partial charge in [0.25, 0.3) is 10.0 Å². The molecule has 21 heavy (non-hydrogen) atoms. The average molecular weight is 354 g/mol. The summed E-state index contributed by atoms with van der Waals surface area (Å²) in [7, 11) is -1.90. The number of rotatable bonds is 6. The Balaban J connectivity index is 0.00000220. The fraction of sp³-hybridized carbons (Fsp3) is 0.583. The largest absolute Gasteiger partial charge is 0.353 e. The van der Waals surface area contributed by atoms with Crippen LogP contribution in [0.15, 0.2) is 21.7 Å². The molecule has 2 N–H and O–H groups in total. The lowest BCUT2D eigenvalue weighted by Crippen LogP contribution is -2.43. The van der Waals surface area contributed by atoms with Gasteiger partial charge in [0.05, 0.1) is 6.04 Å². The predicted octanol–water partition coefficient (Wildman–Crippen LogP) is 0.659. The molecule has 0 aliphatic carbocycles. The molecule has 0 spiro atoms. The van der Waals surface area contributed by atoms with E-state index in [0.717, 1.165) is 19.4 Å². The lowest BCUT2D eigenvalue weighted by molar-refractivity contribution is -0.122. The van der Waals surface area contributed by atoms with Gasteiger partial charge in [-0.3, -0.25) is 4.79 Å². The Bertz CT molecular complexity index is 542. The molecule has 1 saturated heterocycles. The van der Waals surface area contributed by atoms with E-state index in [9.17, 15) is 13.2 Å². The average Bonchev–Trinajstić information content (AvgIpc) is 3.11. The van der Waals surface area contributed by atoms with Crippen LogP contribution in [0.3, 0.4) is 0 Å². The highest BCUT2D eigenvalue weighted by Gasteiger charge is 2.23. The summed E-state index contributed by atoms with van der Waals surface area (Å²) >= 11 is 1.19. The van der Waals surface area contributed by atoms with Crippen LogP contribution in [0, 0.1) is 0 Å². The molecule has 1 aliphatic heterocycles. The summed E-state index contributed by atoms with van der Waals surface area (Å²) in [5.41, 5.74) is 0. The number of hydrogen-bond acceptors (Lipinski definition) is 5. The highest BCUT2D eigenvalue weighted by Crippen LogP contribution is 2.19. The quantitative estimate of drug-likeness (QED) is 0.787. The Kier molecular flexibility index (Phi) is 7.08. The second kappa shape index (κ2) is 8.09. The molecule has 0 bridgehead atoms. The van der Waals surface area contributed by atoms with Crippen molar-refractivity contribution in [3.8, 4) is 0 Å².